The van der Waals surface area contributed by atoms with Crippen molar-refractivity contribution in [3.63, 3.8) is 0 Å². The second kappa shape index (κ2) is 5.06. The maximum Gasteiger partial charge on any atom is 0.252 e. The highest BCUT2D eigenvalue weighted by Crippen LogP contribution is 2.27. The van der Waals surface area contributed by atoms with E-state index in [2.05, 4.69) is 29.4 Å². The van der Waals surface area contributed by atoms with Crippen LogP contribution in [0.4, 0.5) is 0 Å². The molecule has 3 rings (SSSR count). The number of hydrogen-bond donors (Lipinski definition) is 2. The van der Waals surface area contributed by atoms with Gasteiger partial charge in [0.05, 0.1) is 22.6 Å². The van der Waals surface area contributed by atoms with Crippen molar-refractivity contribution in [3.05, 3.63) is 29.0 Å². The number of aromatic nitrogens is 2. The third kappa shape index (κ3) is 2.85. The van der Waals surface area contributed by atoms with Gasteiger partial charge in [-0.25, -0.2) is 8.42 Å². The predicted octanol–water partition coefficient (Wildman–Crippen LogP) is 1.91. The van der Waals surface area contributed by atoms with Gasteiger partial charge >= 0.3 is 0 Å². The van der Waals surface area contributed by atoms with E-state index in [9.17, 15) is 13.2 Å². The molecule has 0 unspecified atom stereocenters. The lowest BCUT2D eigenvalue weighted by atomic mass is 9.99. The third-order valence-electron chi connectivity index (χ3n) is 4.24. The van der Waals surface area contributed by atoms with E-state index in [0.717, 1.165) is 22.2 Å². The van der Waals surface area contributed by atoms with Crippen molar-refractivity contribution in [1.29, 1.82) is 0 Å². The van der Waals surface area contributed by atoms with Crippen LogP contribution < -0.4 is 5.32 Å². The maximum absolute atomic E-state index is 12.6. The van der Waals surface area contributed by atoms with E-state index in [-0.39, 0.29) is 23.3 Å². The van der Waals surface area contributed by atoms with Crippen LogP contribution in [0.2, 0.25) is 0 Å². The summed E-state index contributed by atoms with van der Waals surface area (Å²) in [6.45, 7) is 7.74. The lowest BCUT2D eigenvalue weighted by Crippen LogP contribution is -2.63. The fraction of sp³-hybridized carbons (Fsp3) is 0.500. The lowest BCUT2D eigenvalue weighted by molar-refractivity contribution is 0.0916. The number of sulfone groups is 1. The topological polar surface area (TPSA) is 91.9 Å². The van der Waals surface area contributed by atoms with E-state index in [0.29, 0.717) is 5.56 Å². The van der Waals surface area contributed by atoms with Crippen LogP contribution in [-0.2, 0) is 9.84 Å². The minimum absolute atomic E-state index is 0.00398. The summed E-state index contributed by atoms with van der Waals surface area (Å²) < 4.78 is 22.8. The van der Waals surface area contributed by atoms with Gasteiger partial charge in [-0.3, -0.25) is 9.89 Å². The molecular weight excluding hydrogens is 314 g/mol. The smallest absolute Gasteiger partial charge is 0.252 e. The van der Waals surface area contributed by atoms with Crippen molar-refractivity contribution in [2.45, 2.75) is 39.2 Å². The number of amides is 1. The van der Waals surface area contributed by atoms with Crippen LogP contribution in [0.1, 0.15) is 48.3 Å². The molecule has 0 radical (unpaired) electrons. The zero-order valence-electron chi connectivity index (χ0n) is 13.7. The first-order chi connectivity index (χ1) is 10.6. The highest BCUT2D eigenvalue weighted by atomic mass is 32.2. The number of aryl methyl sites for hydroxylation is 1. The van der Waals surface area contributed by atoms with Crippen LogP contribution >= 0.6 is 0 Å². The molecule has 1 aromatic heterocycles. The van der Waals surface area contributed by atoms with E-state index < -0.39 is 15.4 Å². The number of nitrogens with zero attached hydrogens (tertiary/aromatic N) is 1. The normalized spacial score (nSPS) is 18.8. The molecule has 0 saturated carbocycles. The van der Waals surface area contributed by atoms with E-state index >= 15 is 0 Å². The van der Waals surface area contributed by atoms with Gasteiger partial charge in [0.25, 0.3) is 5.91 Å². The van der Waals surface area contributed by atoms with Crippen molar-refractivity contribution < 1.29 is 13.2 Å². The van der Waals surface area contributed by atoms with E-state index in [1.54, 1.807) is 6.92 Å². The van der Waals surface area contributed by atoms with E-state index in [1.807, 2.05) is 19.1 Å². The SMILES string of the molecule is Cc1cc2n[nH]c(C(C)C)c2cc1C(=O)NC1(C)CS(=O)(=O)C1. The van der Waals surface area contributed by atoms with Crippen molar-refractivity contribution in [3.8, 4) is 0 Å². The zero-order chi connectivity index (χ0) is 17.0. The number of fused-ring (bicyclic) bond motifs is 1. The molecular formula is C16H21N3O3S. The average Bonchev–Trinajstić information content (AvgIpc) is 2.77. The van der Waals surface area contributed by atoms with Crippen molar-refractivity contribution >= 4 is 26.6 Å². The minimum Gasteiger partial charge on any atom is -0.345 e. The largest absolute Gasteiger partial charge is 0.345 e. The van der Waals surface area contributed by atoms with Gasteiger partial charge in [-0.15, -0.1) is 0 Å². The Kier molecular flexibility index (Phi) is 3.51. The Bertz CT molecular complexity index is 885. The van der Waals surface area contributed by atoms with Gasteiger partial charge in [0.2, 0.25) is 0 Å². The first kappa shape index (κ1) is 16.0. The van der Waals surface area contributed by atoms with Crippen LogP contribution in [0.15, 0.2) is 12.1 Å². The molecule has 0 spiro atoms. The lowest BCUT2D eigenvalue weighted by Gasteiger charge is -2.38. The predicted molar refractivity (Wildman–Crippen MR) is 89.4 cm³/mol. The molecule has 6 nitrogen and oxygen atoms in total. The maximum atomic E-state index is 12.6. The molecule has 2 aromatic rings. The highest BCUT2D eigenvalue weighted by Gasteiger charge is 2.45. The fourth-order valence-electron chi connectivity index (χ4n) is 3.21. The van der Waals surface area contributed by atoms with Gasteiger partial charge in [0.15, 0.2) is 9.84 Å². The number of carbonyl (C=O) groups is 1. The number of nitrogens with one attached hydrogen (secondary N) is 2. The molecule has 124 valence electrons. The van der Waals surface area contributed by atoms with Crippen molar-refractivity contribution in [1.82, 2.24) is 15.5 Å². The molecule has 1 aliphatic heterocycles. The van der Waals surface area contributed by atoms with Crippen LogP contribution in [0.3, 0.4) is 0 Å². The average molecular weight is 335 g/mol. The second-order valence-corrected chi connectivity index (χ2v) is 9.09. The summed E-state index contributed by atoms with van der Waals surface area (Å²) in [7, 11) is -3.00. The molecule has 1 saturated heterocycles. The van der Waals surface area contributed by atoms with Gasteiger partial charge in [-0.05, 0) is 37.5 Å². The van der Waals surface area contributed by atoms with E-state index in [4.69, 9.17) is 0 Å². The third-order valence-corrected chi connectivity index (χ3v) is 6.40. The summed E-state index contributed by atoms with van der Waals surface area (Å²) >= 11 is 0. The molecule has 7 heteroatoms. The first-order valence-corrected chi connectivity index (χ1v) is 9.44. The van der Waals surface area contributed by atoms with Crippen LogP contribution in [0.5, 0.6) is 0 Å². The number of rotatable bonds is 3. The Hall–Kier alpha value is -1.89. The standard InChI is InChI=1S/C16H21N3O3S/c1-9(2)14-12-6-11(10(3)5-13(12)18-19-14)15(20)17-16(4)7-23(21,22)8-16/h5-6,9H,7-8H2,1-4H3,(H,17,20)(H,18,19). The van der Waals surface area contributed by atoms with E-state index in [1.165, 1.54) is 0 Å². The number of carbonyl (C=O) groups excluding carboxylic acids is 1. The summed E-state index contributed by atoms with van der Waals surface area (Å²) in [5.41, 5.74) is 2.54. The van der Waals surface area contributed by atoms with Crippen LogP contribution in [-0.4, -0.2) is 41.6 Å². The molecule has 1 aromatic carbocycles. The van der Waals surface area contributed by atoms with Crippen molar-refractivity contribution in [2.24, 2.45) is 0 Å². The molecule has 0 atom stereocenters. The first-order valence-electron chi connectivity index (χ1n) is 7.62. The van der Waals surface area contributed by atoms with Gasteiger partial charge in [-0.2, -0.15) is 5.10 Å². The Balaban J connectivity index is 1.94. The monoisotopic (exact) mass is 335 g/mol. The molecule has 1 amide bonds. The molecule has 1 aliphatic rings. The Morgan fingerprint density at radius 2 is 2.00 bits per heavy atom. The van der Waals surface area contributed by atoms with Gasteiger partial charge in [0, 0.05) is 16.6 Å². The Morgan fingerprint density at radius 3 is 2.57 bits per heavy atom. The highest BCUT2D eigenvalue weighted by molar-refractivity contribution is 7.93. The summed E-state index contributed by atoms with van der Waals surface area (Å²) in [5.74, 6) is 0.0250. The molecule has 0 aliphatic carbocycles. The Labute approximate surface area is 135 Å². The van der Waals surface area contributed by atoms with Crippen molar-refractivity contribution in [2.75, 3.05) is 11.5 Å². The molecule has 2 N–H and O–H groups in total. The second-order valence-electron chi connectivity index (χ2n) is 7.02. The zero-order valence-corrected chi connectivity index (χ0v) is 14.5. The number of benzene rings is 1. The molecule has 1 fully saturated rings. The summed E-state index contributed by atoms with van der Waals surface area (Å²) in [6, 6.07) is 3.72. The fourth-order valence-corrected chi connectivity index (χ4v) is 5.21. The summed E-state index contributed by atoms with van der Waals surface area (Å²) in [5, 5.41) is 11.1. The number of H-pyrrole nitrogens is 1. The number of aromatic amines is 1. The summed E-state index contributed by atoms with van der Waals surface area (Å²) in [6.07, 6.45) is 0. The summed E-state index contributed by atoms with van der Waals surface area (Å²) in [4.78, 5) is 12.6. The molecule has 2 heterocycles. The van der Waals surface area contributed by atoms with Gasteiger partial charge in [0.1, 0.15) is 0 Å². The number of hydrogen-bond acceptors (Lipinski definition) is 4. The molecule has 0 bridgehead atoms. The molecule has 23 heavy (non-hydrogen) atoms. The van der Waals surface area contributed by atoms with Crippen LogP contribution in [0.25, 0.3) is 10.9 Å². The quantitative estimate of drug-likeness (QED) is 0.896. The minimum atomic E-state index is -3.00. The van der Waals surface area contributed by atoms with Gasteiger partial charge < -0.3 is 5.32 Å². The van der Waals surface area contributed by atoms with Crippen LogP contribution in [0, 0.1) is 6.92 Å². The Morgan fingerprint density at radius 1 is 1.35 bits per heavy atom. The van der Waals surface area contributed by atoms with Gasteiger partial charge in [-0.1, -0.05) is 13.8 Å².